The SMILES string of the molecule is O=C(Nc1cc2ccccc2o1)c1ccc(C(F)(F)F)cc1. The Balaban J connectivity index is 1.79. The molecule has 0 radical (unpaired) electrons. The molecule has 112 valence electrons. The minimum atomic E-state index is -4.42. The molecule has 22 heavy (non-hydrogen) atoms. The van der Waals surface area contributed by atoms with Crippen molar-refractivity contribution in [2.75, 3.05) is 5.32 Å². The molecule has 0 bridgehead atoms. The number of benzene rings is 2. The summed E-state index contributed by atoms with van der Waals surface area (Å²) in [6.45, 7) is 0. The molecule has 0 unspecified atom stereocenters. The van der Waals surface area contributed by atoms with Crippen molar-refractivity contribution in [3.63, 3.8) is 0 Å². The maximum absolute atomic E-state index is 12.5. The summed E-state index contributed by atoms with van der Waals surface area (Å²) < 4.78 is 42.8. The van der Waals surface area contributed by atoms with Crippen LogP contribution in [0.4, 0.5) is 19.1 Å². The summed E-state index contributed by atoms with van der Waals surface area (Å²) in [4.78, 5) is 12.0. The lowest BCUT2D eigenvalue weighted by molar-refractivity contribution is -0.137. The maximum Gasteiger partial charge on any atom is 0.416 e. The maximum atomic E-state index is 12.5. The average molecular weight is 305 g/mol. The molecular weight excluding hydrogens is 295 g/mol. The Morgan fingerprint density at radius 3 is 2.32 bits per heavy atom. The first-order chi connectivity index (χ1) is 10.4. The van der Waals surface area contributed by atoms with Crippen LogP contribution in [0.5, 0.6) is 0 Å². The summed E-state index contributed by atoms with van der Waals surface area (Å²) >= 11 is 0. The normalized spacial score (nSPS) is 11.6. The lowest BCUT2D eigenvalue weighted by Gasteiger charge is -2.07. The molecule has 0 atom stereocenters. The number of nitrogens with one attached hydrogen (secondary N) is 1. The van der Waals surface area contributed by atoms with Gasteiger partial charge in [-0.2, -0.15) is 13.2 Å². The summed E-state index contributed by atoms with van der Waals surface area (Å²) in [6.07, 6.45) is -4.42. The van der Waals surface area contributed by atoms with Gasteiger partial charge in [-0.3, -0.25) is 10.1 Å². The van der Waals surface area contributed by atoms with Crippen molar-refractivity contribution in [1.82, 2.24) is 0 Å². The number of rotatable bonds is 2. The number of amides is 1. The molecule has 0 saturated heterocycles. The highest BCUT2D eigenvalue weighted by molar-refractivity contribution is 6.04. The molecule has 0 saturated carbocycles. The Morgan fingerprint density at radius 2 is 1.68 bits per heavy atom. The third-order valence-corrected chi connectivity index (χ3v) is 3.14. The van der Waals surface area contributed by atoms with E-state index in [1.54, 1.807) is 18.2 Å². The van der Waals surface area contributed by atoms with Crippen molar-refractivity contribution in [2.45, 2.75) is 6.18 Å². The number of carbonyl (C=O) groups is 1. The van der Waals surface area contributed by atoms with Gasteiger partial charge in [0.05, 0.1) is 5.56 Å². The lowest BCUT2D eigenvalue weighted by Crippen LogP contribution is -2.12. The third-order valence-electron chi connectivity index (χ3n) is 3.14. The first kappa shape index (κ1) is 14.2. The van der Waals surface area contributed by atoms with E-state index < -0.39 is 17.6 Å². The van der Waals surface area contributed by atoms with Gasteiger partial charge < -0.3 is 4.42 Å². The van der Waals surface area contributed by atoms with Crippen LogP contribution in [0.1, 0.15) is 15.9 Å². The van der Waals surface area contributed by atoms with E-state index in [0.717, 1.165) is 29.7 Å². The van der Waals surface area contributed by atoms with Gasteiger partial charge in [-0.1, -0.05) is 18.2 Å². The van der Waals surface area contributed by atoms with Gasteiger partial charge in [0.25, 0.3) is 5.91 Å². The highest BCUT2D eigenvalue weighted by Gasteiger charge is 2.30. The fourth-order valence-corrected chi connectivity index (χ4v) is 2.04. The van der Waals surface area contributed by atoms with Crippen LogP contribution in [0.2, 0.25) is 0 Å². The van der Waals surface area contributed by atoms with Gasteiger partial charge in [0.1, 0.15) is 5.58 Å². The molecule has 1 N–H and O–H groups in total. The predicted molar refractivity (Wildman–Crippen MR) is 75.6 cm³/mol. The molecule has 0 spiro atoms. The number of furan rings is 1. The molecule has 2 aromatic carbocycles. The summed E-state index contributed by atoms with van der Waals surface area (Å²) in [5.41, 5.74) is -0.0635. The summed E-state index contributed by atoms with van der Waals surface area (Å²) in [6, 6.07) is 12.8. The molecular formula is C16H10F3NO2. The zero-order valence-corrected chi connectivity index (χ0v) is 11.1. The highest BCUT2D eigenvalue weighted by atomic mass is 19.4. The van der Waals surface area contributed by atoms with Gasteiger partial charge in [-0.25, -0.2) is 0 Å². The van der Waals surface area contributed by atoms with E-state index in [1.807, 2.05) is 12.1 Å². The molecule has 0 aliphatic rings. The molecule has 1 heterocycles. The topological polar surface area (TPSA) is 42.2 Å². The van der Waals surface area contributed by atoms with Gasteiger partial charge in [-0.05, 0) is 30.3 Å². The smallest absolute Gasteiger partial charge is 0.416 e. The second-order valence-electron chi connectivity index (χ2n) is 4.68. The Labute approximate surface area is 123 Å². The summed E-state index contributed by atoms with van der Waals surface area (Å²) in [5.74, 6) is -0.293. The summed E-state index contributed by atoms with van der Waals surface area (Å²) in [5, 5.41) is 3.34. The number of anilines is 1. The molecule has 1 amide bonds. The number of fused-ring (bicyclic) bond motifs is 1. The first-order valence-electron chi connectivity index (χ1n) is 6.41. The van der Waals surface area contributed by atoms with Crippen molar-refractivity contribution >= 4 is 22.8 Å². The first-order valence-corrected chi connectivity index (χ1v) is 6.41. The van der Waals surface area contributed by atoms with E-state index in [-0.39, 0.29) is 11.4 Å². The van der Waals surface area contributed by atoms with E-state index in [2.05, 4.69) is 5.32 Å². The zero-order valence-electron chi connectivity index (χ0n) is 11.1. The van der Waals surface area contributed by atoms with E-state index >= 15 is 0 Å². The number of para-hydroxylation sites is 1. The predicted octanol–water partition coefficient (Wildman–Crippen LogP) is 4.70. The van der Waals surface area contributed by atoms with Crippen LogP contribution in [-0.4, -0.2) is 5.91 Å². The fraction of sp³-hybridized carbons (Fsp3) is 0.0625. The standard InChI is InChI=1S/C16H10F3NO2/c17-16(18,19)12-7-5-10(6-8-12)15(21)20-14-9-11-3-1-2-4-13(11)22-14/h1-9H,(H,20,21). The van der Waals surface area contributed by atoms with Gasteiger partial charge >= 0.3 is 6.18 Å². The molecule has 1 aromatic heterocycles. The van der Waals surface area contributed by atoms with Crippen LogP contribution in [0.25, 0.3) is 11.0 Å². The van der Waals surface area contributed by atoms with E-state index in [4.69, 9.17) is 4.42 Å². The molecule has 3 aromatic rings. The molecule has 3 nitrogen and oxygen atoms in total. The van der Waals surface area contributed by atoms with Crippen molar-refractivity contribution in [3.8, 4) is 0 Å². The minimum absolute atomic E-state index is 0.119. The molecule has 3 rings (SSSR count). The quantitative estimate of drug-likeness (QED) is 0.745. The van der Waals surface area contributed by atoms with Crippen LogP contribution in [0.3, 0.4) is 0 Å². The van der Waals surface area contributed by atoms with Crippen molar-refractivity contribution in [3.05, 3.63) is 65.7 Å². The van der Waals surface area contributed by atoms with Crippen LogP contribution in [-0.2, 0) is 6.18 Å². The van der Waals surface area contributed by atoms with E-state index in [1.165, 1.54) is 0 Å². The monoisotopic (exact) mass is 305 g/mol. The zero-order chi connectivity index (χ0) is 15.7. The lowest BCUT2D eigenvalue weighted by atomic mass is 10.1. The number of carbonyl (C=O) groups excluding carboxylic acids is 1. The fourth-order valence-electron chi connectivity index (χ4n) is 2.04. The number of hydrogen-bond donors (Lipinski definition) is 1. The molecule has 0 aliphatic heterocycles. The Bertz CT molecular complexity index is 786. The Hall–Kier alpha value is -2.76. The van der Waals surface area contributed by atoms with Crippen molar-refractivity contribution in [1.29, 1.82) is 0 Å². The van der Waals surface area contributed by atoms with E-state index in [9.17, 15) is 18.0 Å². The summed E-state index contributed by atoms with van der Waals surface area (Å²) in [7, 11) is 0. The highest BCUT2D eigenvalue weighted by Crippen LogP contribution is 2.29. The second-order valence-corrected chi connectivity index (χ2v) is 4.68. The Kier molecular flexibility index (Phi) is 3.36. The van der Waals surface area contributed by atoms with Gasteiger partial charge in [0, 0.05) is 17.0 Å². The number of halogens is 3. The molecule has 0 aliphatic carbocycles. The number of alkyl halides is 3. The minimum Gasteiger partial charge on any atom is -0.440 e. The largest absolute Gasteiger partial charge is 0.440 e. The van der Waals surface area contributed by atoms with Crippen LogP contribution in [0, 0.1) is 0 Å². The Morgan fingerprint density at radius 1 is 1.00 bits per heavy atom. The molecule has 6 heteroatoms. The van der Waals surface area contributed by atoms with Crippen molar-refractivity contribution in [2.24, 2.45) is 0 Å². The number of hydrogen-bond acceptors (Lipinski definition) is 2. The third kappa shape index (κ3) is 2.81. The second kappa shape index (κ2) is 5.22. The molecule has 0 fully saturated rings. The average Bonchev–Trinajstić information content (AvgIpc) is 2.88. The van der Waals surface area contributed by atoms with E-state index in [0.29, 0.717) is 5.58 Å². The van der Waals surface area contributed by atoms with Crippen LogP contribution < -0.4 is 5.32 Å². The van der Waals surface area contributed by atoms with Crippen LogP contribution >= 0.6 is 0 Å². The van der Waals surface area contributed by atoms with Gasteiger partial charge in [0.15, 0.2) is 0 Å². The van der Waals surface area contributed by atoms with Crippen LogP contribution in [0.15, 0.2) is 59.0 Å². The van der Waals surface area contributed by atoms with Crippen molar-refractivity contribution < 1.29 is 22.4 Å². The van der Waals surface area contributed by atoms with Gasteiger partial charge in [0.2, 0.25) is 5.88 Å². The van der Waals surface area contributed by atoms with Gasteiger partial charge in [-0.15, -0.1) is 0 Å².